The van der Waals surface area contributed by atoms with E-state index >= 15 is 0 Å². The Balaban J connectivity index is 2.18. The second-order valence-corrected chi connectivity index (χ2v) is 5.61. The molecule has 0 unspecified atom stereocenters. The van der Waals surface area contributed by atoms with E-state index in [1.807, 2.05) is 17.5 Å². The molecule has 0 bridgehead atoms. The Morgan fingerprint density at radius 2 is 1.84 bits per heavy atom. The van der Waals surface area contributed by atoms with E-state index in [1.165, 1.54) is 0 Å². The van der Waals surface area contributed by atoms with Gasteiger partial charge in [0.2, 0.25) is 0 Å². The van der Waals surface area contributed by atoms with Gasteiger partial charge in [0.1, 0.15) is 11.5 Å². The molecule has 0 fully saturated rings. The molecule has 1 aromatic heterocycles. The predicted octanol–water partition coefficient (Wildman–Crippen LogP) is 4.68. The van der Waals surface area contributed by atoms with Crippen molar-refractivity contribution in [1.82, 2.24) is 0 Å². The van der Waals surface area contributed by atoms with Crippen molar-refractivity contribution in [1.29, 1.82) is 0 Å². The first-order valence-corrected chi connectivity index (χ1v) is 7.16. The third-order valence-electron chi connectivity index (χ3n) is 2.55. The fraction of sp³-hybridized carbons (Fsp3) is 0.231. The lowest BCUT2D eigenvalue weighted by Crippen LogP contribution is -2.00. The van der Waals surface area contributed by atoms with Crippen LogP contribution in [0.2, 0.25) is 10.0 Å². The van der Waals surface area contributed by atoms with Crippen LogP contribution in [0.5, 0.6) is 11.5 Å². The van der Waals surface area contributed by atoms with Gasteiger partial charge in [-0.1, -0.05) is 23.2 Å². The Bertz CT molecular complexity index is 572. The molecular weight excluding hydrogens is 305 g/mol. The Hall–Kier alpha value is -1.10. The molecule has 2 rings (SSSR count). The molecule has 6 heteroatoms. The standard InChI is InChI=1S/C13H13Cl2NO2S/c1-17-12-5-11(13(18-2)4-10(12)15)16-6-9-3-8(14)7-19-9/h3-5,7,16H,6H2,1-2H3. The highest BCUT2D eigenvalue weighted by Crippen LogP contribution is 2.36. The lowest BCUT2D eigenvalue weighted by atomic mass is 10.2. The maximum absolute atomic E-state index is 6.05. The van der Waals surface area contributed by atoms with Crippen LogP contribution in [-0.2, 0) is 6.54 Å². The minimum absolute atomic E-state index is 0.518. The molecule has 1 N–H and O–H groups in total. The van der Waals surface area contributed by atoms with Crippen LogP contribution in [0.4, 0.5) is 5.69 Å². The van der Waals surface area contributed by atoms with Crippen LogP contribution in [-0.4, -0.2) is 14.2 Å². The van der Waals surface area contributed by atoms with Crippen molar-refractivity contribution in [2.45, 2.75) is 6.54 Å². The van der Waals surface area contributed by atoms with Crippen LogP contribution in [0.15, 0.2) is 23.6 Å². The molecule has 2 aromatic rings. The largest absolute Gasteiger partial charge is 0.495 e. The Kier molecular flexibility index (Phi) is 4.80. The highest BCUT2D eigenvalue weighted by atomic mass is 35.5. The zero-order valence-electron chi connectivity index (χ0n) is 10.5. The molecule has 0 amide bonds. The van der Waals surface area contributed by atoms with E-state index in [0.29, 0.717) is 23.1 Å². The predicted molar refractivity (Wildman–Crippen MR) is 81.2 cm³/mol. The van der Waals surface area contributed by atoms with Crippen LogP contribution in [0.25, 0.3) is 0 Å². The number of nitrogens with one attached hydrogen (secondary N) is 1. The number of ether oxygens (including phenoxy) is 2. The first kappa shape index (κ1) is 14.3. The van der Waals surface area contributed by atoms with E-state index in [0.717, 1.165) is 15.6 Å². The zero-order valence-corrected chi connectivity index (χ0v) is 12.8. The highest BCUT2D eigenvalue weighted by molar-refractivity contribution is 7.10. The van der Waals surface area contributed by atoms with Crippen LogP contribution in [0, 0.1) is 0 Å². The van der Waals surface area contributed by atoms with E-state index < -0.39 is 0 Å². The van der Waals surface area contributed by atoms with Crippen molar-refractivity contribution in [3.05, 3.63) is 38.5 Å². The number of thiophene rings is 1. The lowest BCUT2D eigenvalue weighted by molar-refractivity contribution is 0.404. The number of benzene rings is 1. The van der Waals surface area contributed by atoms with E-state index in [2.05, 4.69) is 5.32 Å². The van der Waals surface area contributed by atoms with Crippen molar-refractivity contribution in [3.8, 4) is 11.5 Å². The highest BCUT2D eigenvalue weighted by Gasteiger charge is 2.10. The number of anilines is 1. The maximum atomic E-state index is 6.05. The number of hydrogen-bond acceptors (Lipinski definition) is 4. The van der Waals surface area contributed by atoms with Gasteiger partial charge in [0, 0.05) is 28.9 Å². The molecule has 0 radical (unpaired) electrons. The van der Waals surface area contributed by atoms with Gasteiger partial charge in [-0.2, -0.15) is 0 Å². The fourth-order valence-electron chi connectivity index (χ4n) is 1.63. The molecule has 0 saturated carbocycles. The summed E-state index contributed by atoms with van der Waals surface area (Å²) in [5.41, 5.74) is 0.827. The summed E-state index contributed by atoms with van der Waals surface area (Å²) in [5.74, 6) is 1.28. The summed E-state index contributed by atoms with van der Waals surface area (Å²) in [5, 5.41) is 6.45. The first-order valence-electron chi connectivity index (χ1n) is 5.52. The SMILES string of the molecule is COc1cc(NCc2cc(Cl)cs2)c(OC)cc1Cl. The van der Waals surface area contributed by atoms with Crippen LogP contribution < -0.4 is 14.8 Å². The number of hydrogen-bond donors (Lipinski definition) is 1. The molecule has 1 aromatic carbocycles. The summed E-state index contributed by atoms with van der Waals surface area (Å²) in [7, 11) is 3.18. The normalized spacial score (nSPS) is 10.3. The minimum atomic E-state index is 0.518. The quantitative estimate of drug-likeness (QED) is 0.868. The van der Waals surface area contributed by atoms with Gasteiger partial charge in [0.15, 0.2) is 0 Å². The van der Waals surface area contributed by atoms with Gasteiger partial charge in [-0.15, -0.1) is 11.3 Å². The average molecular weight is 318 g/mol. The maximum Gasteiger partial charge on any atom is 0.143 e. The second kappa shape index (κ2) is 6.37. The molecule has 0 atom stereocenters. The van der Waals surface area contributed by atoms with Gasteiger partial charge in [-0.3, -0.25) is 0 Å². The first-order chi connectivity index (χ1) is 9.13. The average Bonchev–Trinajstić information content (AvgIpc) is 2.82. The van der Waals surface area contributed by atoms with Crippen LogP contribution in [0.3, 0.4) is 0 Å². The Labute approximate surface area is 126 Å². The molecule has 1 heterocycles. The molecule has 0 spiro atoms. The monoisotopic (exact) mass is 317 g/mol. The van der Waals surface area contributed by atoms with Gasteiger partial charge in [0.05, 0.1) is 30.0 Å². The smallest absolute Gasteiger partial charge is 0.143 e. The minimum Gasteiger partial charge on any atom is -0.495 e. The Morgan fingerprint density at radius 3 is 2.42 bits per heavy atom. The summed E-state index contributed by atoms with van der Waals surface area (Å²) in [6, 6.07) is 5.47. The molecule has 0 aliphatic rings. The summed E-state index contributed by atoms with van der Waals surface area (Å²) in [6.07, 6.45) is 0. The van der Waals surface area contributed by atoms with Gasteiger partial charge >= 0.3 is 0 Å². The molecule has 0 aliphatic carbocycles. The van der Waals surface area contributed by atoms with Crippen LogP contribution in [0.1, 0.15) is 4.88 Å². The Morgan fingerprint density at radius 1 is 1.11 bits per heavy atom. The van der Waals surface area contributed by atoms with Gasteiger partial charge < -0.3 is 14.8 Å². The van der Waals surface area contributed by atoms with Crippen molar-refractivity contribution in [2.24, 2.45) is 0 Å². The van der Waals surface area contributed by atoms with Crippen LogP contribution >= 0.6 is 34.5 Å². The third-order valence-corrected chi connectivity index (χ3v) is 4.13. The van der Waals surface area contributed by atoms with Gasteiger partial charge in [-0.05, 0) is 6.07 Å². The molecule has 0 saturated heterocycles. The summed E-state index contributed by atoms with van der Waals surface area (Å²) >= 11 is 13.5. The summed E-state index contributed by atoms with van der Waals surface area (Å²) in [4.78, 5) is 1.14. The fourth-order valence-corrected chi connectivity index (χ4v) is 2.87. The molecule has 0 aliphatic heterocycles. The summed E-state index contributed by atoms with van der Waals surface area (Å²) in [6.45, 7) is 0.665. The van der Waals surface area contributed by atoms with Crippen molar-refractivity contribution in [3.63, 3.8) is 0 Å². The van der Waals surface area contributed by atoms with Gasteiger partial charge in [0.25, 0.3) is 0 Å². The van der Waals surface area contributed by atoms with E-state index in [-0.39, 0.29) is 0 Å². The van der Waals surface area contributed by atoms with Crippen molar-refractivity contribution in [2.75, 3.05) is 19.5 Å². The van der Waals surface area contributed by atoms with Crippen molar-refractivity contribution < 1.29 is 9.47 Å². The van der Waals surface area contributed by atoms with E-state index in [1.54, 1.807) is 31.6 Å². The number of methoxy groups -OCH3 is 2. The zero-order chi connectivity index (χ0) is 13.8. The number of rotatable bonds is 5. The van der Waals surface area contributed by atoms with Gasteiger partial charge in [-0.25, -0.2) is 0 Å². The summed E-state index contributed by atoms with van der Waals surface area (Å²) < 4.78 is 10.5. The number of halogens is 2. The molecule has 102 valence electrons. The lowest BCUT2D eigenvalue weighted by Gasteiger charge is -2.13. The van der Waals surface area contributed by atoms with E-state index in [4.69, 9.17) is 32.7 Å². The second-order valence-electron chi connectivity index (χ2n) is 3.77. The topological polar surface area (TPSA) is 30.5 Å². The molecular formula is C13H13Cl2NO2S. The van der Waals surface area contributed by atoms with Crippen molar-refractivity contribution >= 4 is 40.2 Å². The third kappa shape index (κ3) is 3.47. The molecule has 3 nitrogen and oxygen atoms in total. The molecule has 19 heavy (non-hydrogen) atoms. The van der Waals surface area contributed by atoms with E-state index in [9.17, 15) is 0 Å².